The van der Waals surface area contributed by atoms with E-state index in [2.05, 4.69) is 43.2 Å². The molecule has 4 aliphatic carbocycles. The van der Waals surface area contributed by atoms with E-state index in [4.69, 9.17) is 58.9 Å². The number of nitrogens with two attached hydrogens (primary N) is 3. The van der Waals surface area contributed by atoms with Crippen LogP contribution in [0, 0.1) is 46.3 Å². The highest BCUT2D eigenvalue weighted by atomic mass is 28.4. The van der Waals surface area contributed by atoms with Crippen molar-refractivity contribution in [3.05, 3.63) is 0 Å². The topological polar surface area (TPSA) is 223 Å². The molecule has 0 radical (unpaired) electrons. The Labute approximate surface area is 462 Å². The molecule has 0 aromatic heterocycles. The Morgan fingerprint density at radius 3 is 1.91 bits per heavy atom. The highest BCUT2D eigenvalue weighted by Crippen LogP contribution is 2.69. The van der Waals surface area contributed by atoms with Gasteiger partial charge >= 0.3 is 14.8 Å². The minimum Gasteiger partial charge on any atom is -0.378 e. The van der Waals surface area contributed by atoms with Crippen molar-refractivity contribution in [3.63, 3.8) is 0 Å². The highest BCUT2D eigenvalue weighted by molar-refractivity contribution is 6.60. The first-order valence-electron chi connectivity index (χ1n) is 30.5. The molecule has 11 atom stereocenters. The summed E-state index contributed by atoms with van der Waals surface area (Å²) in [7, 11) is 2.20. The first-order chi connectivity index (χ1) is 36.9. The van der Waals surface area contributed by atoms with Gasteiger partial charge in [0.2, 0.25) is 5.91 Å². The Balaban J connectivity index is 1.24. The van der Waals surface area contributed by atoms with Crippen LogP contribution >= 0.6 is 0 Å². The fourth-order valence-corrected chi connectivity index (χ4v) is 16.0. The van der Waals surface area contributed by atoms with E-state index < -0.39 is 8.80 Å². The van der Waals surface area contributed by atoms with Gasteiger partial charge in [-0.15, -0.1) is 0 Å². The maximum Gasteiger partial charge on any atom is 0.500 e. The maximum absolute atomic E-state index is 13.8. The molecule has 3 amide bonds. The summed E-state index contributed by atoms with van der Waals surface area (Å²) in [6.07, 6.45) is 22.6. The summed E-state index contributed by atoms with van der Waals surface area (Å²) in [4.78, 5) is 28.0. The van der Waals surface area contributed by atoms with Crippen LogP contribution in [-0.4, -0.2) is 171 Å². The molecular formula is C58H114N6O11Si. The number of hydrogen-bond acceptors (Lipinski definition) is 14. The molecule has 0 spiro atoms. The second-order valence-electron chi connectivity index (χ2n) is 23.3. The predicted octanol–water partition coefficient (Wildman–Crippen LogP) is 8.07. The monoisotopic (exact) mass is 1100 g/mol. The predicted molar refractivity (Wildman–Crippen MR) is 304 cm³/mol. The van der Waals surface area contributed by atoms with Gasteiger partial charge in [-0.2, -0.15) is 0 Å². The molecule has 18 heteroatoms. The molecule has 4 saturated carbocycles. The number of rotatable bonds is 44. The van der Waals surface area contributed by atoms with Crippen LogP contribution in [0.15, 0.2) is 0 Å². The third-order valence-electron chi connectivity index (χ3n) is 18.6. The fourth-order valence-electron chi connectivity index (χ4n) is 14.2. The summed E-state index contributed by atoms with van der Waals surface area (Å²) in [5.74, 6) is 3.15. The summed E-state index contributed by atoms with van der Waals surface area (Å²) in [5.41, 5.74) is 18.2. The summed E-state index contributed by atoms with van der Waals surface area (Å²) < 4.78 is 54.0. The lowest BCUT2D eigenvalue weighted by molar-refractivity contribution is -0.227. The number of nitrogens with one attached hydrogen (secondary N) is 2. The third-order valence-corrected chi connectivity index (χ3v) is 21.4. The lowest BCUT2D eigenvalue weighted by Crippen LogP contribution is -2.63. The third kappa shape index (κ3) is 20.8. The van der Waals surface area contributed by atoms with E-state index >= 15 is 0 Å². The fraction of sp³-hybridized carbons (Fsp3) is 0.966. The average Bonchev–Trinajstić information content (AvgIpc) is 3.81. The SMILES string of the molecule is CCCCCCCCN(CCC[C@@H](C)[C@H]1CC[C@H]2[C@@H]3[C@H](OCCCN)C[C@@H]4C[C@H](OCCCN)CC[C@]4(C)[C@H]3C[C@H](OCCCN)[C@]12C)C(=O)NCCOCCOCCOCCNC(=O)CCCC[Si](OC)(OC)OC. The van der Waals surface area contributed by atoms with Gasteiger partial charge in [0.25, 0.3) is 0 Å². The number of unbranched alkanes of at least 4 members (excludes halogenated alkanes) is 6. The zero-order valence-electron chi connectivity index (χ0n) is 49.2. The van der Waals surface area contributed by atoms with E-state index in [0.717, 1.165) is 110 Å². The van der Waals surface area contributed by atoms with E-state index in [9.17, 15) is 9.59 Å². The summed E-state index contributed by atoms with van der Waals surface area (Å²) in [5, 5.41) is 6.06. The normalized spacial score (nSPS) is 27.7. The maximum atomic E-state index is 13.8. The number of carbonyl (C=O) groups excluding carboxylic acids is 2. The number of hydrogen-bond donors (Lipinski definition) is 5. The second-order valence-corrected chi connectivity index (χ2v) is 26.4. The Bertz CT molecular complexity index is 1530. The molecule has 0 unspecified atom stereocenters. The van der Waals surface area contributed by atoms with E-state index in [1.807, 2.05) is 0 Å². The molecule has 0 saturated heterocycles. The molecule has 4 rings (SSSR count). The van der Waals surface area contributed by atoms with Crippen molar-refractivity contribution in [2.45, 2.75) is 187 Å². The highest BCUT2D eigenvalue weighted by Gasteiger charge is 2.66. The number of fused-ring (bicyclic) bond motifs is 5. The van der Waals surface area contributed by atoms with Gasteiger partial charge in [-0.3, -0.25) is 4.79 Å². The molecule has 0 aliphatic heterocycles. The Hall–Kier alpha value is -1.52. The van der Waals surface area contributed by atoms with E-state index in [1.54, 1.807) is 21.3 Å². The van der Waals surface area contributed by atoms with Crippen molar-refractivity contribution in [2.75, 3.05) is 127 Å². The van der Waals surface area contributed by atoms with Gasteiger partial charge < -0.3 is 74.4 Å². The summed E-state index contributed by atoms with van der Waals surface area (Å²) >= 11 is 0. The number of urea groups is 1. The average molecular weight is 1100 g/mol. The second kappa shape index (κ2) is 37.5. The molecular weight excluding hydrogens is 985 g/mol. The van der Waals surface area contributed by atoms with Gasteiger partial charge in [0.1, 0.15) is 0 Å². The minimum absolute atomic E-state index is 0.00121. The van der Waals surface area contributed by atoms with Crippen molar-refractivity contribution in [1.29, 1.82) is 0 Å². The smallest absolute Gasteiger partial charge is 0.378 e. The van der Waals surface area contributed by atoms with Crippen LogP contribution in [0.5, 0.6) is 0 Å². The van der Waals surface area contributed by atoms with Crippen molar-refractivity contribution in [1.82, 2.24) is 15.5 Å². The quantitative estimate of drug-likeness (QED) is 0.0288. The molecule has 4 aliphatic rings. The lowest BCUT2D eigenvalue weighted by Gasteiger charge is -2.65. The molecule has 0 heterocycles. The van der Waals surface area contributed by atoms with Gasteiger partial charge in [-0.05, 0) is 157 Å². The van der Waals surface area contributed by atoms with Crippen LogP contribution in [0.25, 0.3) is 0 Å². The van der Waals surface area contributed by atoms with Gasteiger partial charge in [0.15, 0.2) is 0 Å². The number of nitrogens with zero attached hydrogens (tertiary/aromatic N) is 1. The molecule has 446 valence electrons. The van der Waals surface area contributed by atoms with Crippen molar-refractivity contribution in [2.24, 2.45) is 63.5 Å². The summed E-state index contributed by atoms with van der Waals surface area (Å²) in [6.45, 7) is 19.1. The molecule has 8 N–H and O–H groups in total. The van der Waals surface area contributed by atoms with Crippen LogP contribution in [0.4, 0.5) is 4.79 Å². The van der Waals surface area contributed by atoms with Crippen LogP contribution in [0.2, 0.25) is 6.04 Å². The Morgan fingerprint density at radius 2 is 1.25 bits per heavy atom. The molecule has 4 fully saturated rings. The van der Waals surface area contributed by atoms with Crippen LogP contribution in [0.3, 0.4) is 0 Å². The first kappa shape index (κ1) is 67.0. The van der Waals surface area contributed by atoms with Crippen molar-refractivity contribution >= 4 is 20.7 Å². The minimum atomic E-state index is -2.60. The summed E-state index contributed by atoms with van der Waals surface area (Å²) in [6, 6.07) is 0.674. The first-order valence-corrected chi connectivity index (χ1v) is 32.5. The Kier molecular flexibility index (Phi) is 33.0. The molecule has 0 bridgehead atoms. The van der Waals surface area contributed by atoms with Gasteiger partial charge in [0, 0.05) is 85.2 Å². The van der Waals surface area contributed by atoms with E-state index in [-0.39, 0.29) is 35.0 Å². The standard InChI is InChI=1S/C58H114N6O11Si/c1-8-9-10-11-12-14-31-64(56(66)63-30-37-71-39-41-72-40-38-70-36-29-62-54(65)21-13-15-42-76(67-5,68-6)69-7)32-16-20-46(2)49-22-23-50-55-51(45-53(58(49,50)4)75-35-19-28-61)57(3)25-24-48(73-33-17-26-59)43-47(57)44-52(55)74-34-18-27-60/h46-53,55H,8-45,59-61H2,1-7H3,(H,62,65)(H,63,66)/t46-,47+,48-,49-,50+,51+,52-,53+,55+,57+,58-/m1/s1. The molecule has 0 aromatic carbocycles. The number of amides is 3. The number of ether oxygens (including phenoxy) is 6. The van der Waals surface area contributed by atoms with Gasteiger partial charge in [0.05, 0.1) is 58.0 Å². The van der Waals surface area contributed by atoms with Crippen molar-refractivity contribution in [3.8, 4) is 0 Å². The number of carbonyl (C=O) groups is 2. The zero-order chi connectivity index (χ0) is 55.1. The van der Waals surface area contributed by atoms with E-state index in [0.29, 0.717) is 133 Å². The molecule has 0 aromatic rings. The van der Waals surface area contributed by atoms with Crippen LogP contribution < -0.4 is 27.8 Å². The zero-order valence-corrected chi connectivity index (χ0v) is 50.2. The molecule has 17 nitrogen and oxygen atoms in total. The van der Waals surface area contributed by atoms with Crippen molar-refractivity contribution < 1.29 is 51.3 Å². The lowest BCUT2D eigenvalue weighted by atomic mass is 9.43. The van der Waals surface area contributed by atoms with E-state index in [1.165, 1.54) is 44.9 Å². The van der Waals surface area contributed by atoms with Gasteiger partial charge in [-0.1, -0.05) is 59.8 Å². The van der Waals surface area contributed by atoms with Crippen LogP contribution in [-0.2, 0) is 46.5 Å². The van der Waals surface area contributed by atoms with Gasteiger partial charge in [-0.25, -0.2) is 4.79 Å². The Morgan fingerprint density at radius 1 is 0.645 bits per heavy atom. The largest absolute Gasteiger partial charge is 0.500 e. The van der Waals surface area contributed by atoms with Crippen LogP contribution in [0.1, 0.15) is 163 Å². The molecule has 76 heavy (non-hydrogen) atoms.